The maximum atomic E-state index is 5.33. The van der Waals surface area contributed by atoms with Crippen LogP contribution in [-0.4, -0.2) is 9.97 Å². The van der Waals surface area contributed by atoms with E-state index in [1.165, 1.54) is 44.5 Å². The first-order valence-electron chi connectivity index (χ1n) is 15.4. The summed E-state index contributed by atoms with van der Waals surface area (Å²) in [4.78, 5) is 10.1. The highest BCUT2D eigenvalue weighted by molar-refractivity contribution is 6.05. The Labute approximate surface area is 262 Å². The highest BCUT2D eigenvalue weighted by Gasteiger charge is 2.47. The molecule has 2 heterocycles. The van der Waals surface area contributed by atoms with E-state index in [0.29, 0.717) is 0 Å². The van der Waals surface area contributed by atoms with Crippen LogP contribution in [0.5, 0.6) is 0 Å². The first-order chi connectivity index (χ1) is 22.3. The molecule has 2 aromatic heterocycles. The fraction of sp³-hybridized carbons (Fsp3) is 0.0233. The molecule has 2 nitrogen and oxygen atoms in total. The first-order valence-corrected chi connectivity index (χ1v) is 15.4. The van der Waals surface area contributed by atoms with Gasteiger partial charge >= 0.3 is 0 Å². The predicted octanol–water partition coefficient (Wildman–Crippen LogP) is 10.5. The van der Waals surface area contributed by atoms with Gasteiger partial charge in [-0.1, -0.05) is 152 Å². The van der Waals surface area contributed by atoms with Crippen LogP contribution < -0.4 is 0 Å². The van der Waals surface area contributed by atoms with Crippen LogP contribution >= 0.6 is 0 Å². The monoisotopic (exact) mass is 572 g/mol. The van der Waals surface area contributed by atoms with Crippen molar-refractivity contribution in [1.82, 2.24) is 9.97 Å². The Bertz CT molecular complexity index is 2320. The SMILES string of the molecule is c1ccc(-c2c(-c3ccc4ccc5cccnc5c4n3)ccc3c2-c2ccccc2C3(c2ccccc2)c2ccccc2)cc1. The number of aromatic nitrogens is 2. The minimum absolute atomic E-state index is 0.465. The van der Waals surface area contributed by atoms with E-state index in [1.807, 2.05) is 12.3 Å². The van der Waals surface area contributed by atoms with Gasteiger partial charge in [-0.15, -0.1) is 0 Å². The van der Waals surface area contributed by atoms with Crippen LogP contribution in [0.15, 0.2) is 170 Å². The van der Waals surface area contributed by atoms with Gasteiger partial charge in [0.2, 0.25) is 0 Å². The molecule has 0 N–H and O–H groups in total. The van der Waals surface area contributed by atoms with E-state index < -0.39 is 5.41 Å². The second-order valence-electron chi connectivity index (χ2n) is 11.7. The van der Waals surface area contributed by atoms with Crippen LogP contribution in [0.4, 0.5) is 0 Å². The van der Waals surface area contributed by atoms with E-state index in [-0.39, 0.29) is 0 Å². The zero-order valence-corrected chi connectivity index (χ0v) is 24.6. The molecule has 45 heavy (non-hydrogen) atoms. The van der Waals surface area contributed by atoms with E-state index in [0.717, 1.165) is 33.1 Å². The van der Waals surface area contributed by atoms with Crippen LogP contribution in [0.25, 0.3) is 55.3 Å². The van der Waals surface area contributed by atoms with Crippen LogP contribution in [0.3, 0.4) is 0 Å². The lowest BCUT2D eigenvalue weighted by molar-refractivity contribution is 0.768. The molecule has 0 aliphatic heterocycles. The van der Waals surface area contributed by atoms with Gasteiger partial charge < -0.3 is 0 Å². The summed E-state index contributed by atoms with van der Waals surface area (Å²) in [5.41, 5.74) is 13.4. The lowest BCUT2D eigenvalue weighted by Gasteiger charge is -2.34. The standard InChI is InChI=1S/C43H28N2/c1-4-13-29(14-5-1)39-35(38-27-24-31-23-22-30-15-12-28-44-41(30)42(31)45-38)25-26-37-40(39)34-20-10-11-21-36(34)43(37,32-16-6-2-7-17-32)33-18-8-3-9-19-33/h1-28H. The topological polar surface area (TPSA) is 25.8 Å². The van der Waals surface area contributed by atoms with Gasteiger partial charge in [0.15, 0.2) is 0 Å². The molecular formula is C43H28N2. The number of rotatable bonds is 4. The van der Waals surface area contributed by atoms with Gasteiger partial charge in [-0.3, -0.25) is 4.98 Å². The van der Waals surface area contributed by atoms with Crippen molar-refractivity contribution in [2.45, 2.75) is 5.41 Å². The average molecular weight is 573 g/mol. The third-order valence-corrected chi connectivity index (χ3v) is 9.39. The number of benzene rings is 6. The van der Waals surface area contributed by atoms with E-state index in [9.17, 15) is 0 Å². The van der Waals surface area contributed by atoms with Crippen molar-refractivity contribution in [2.75, 3.05) is 0 Å². The summed E-state index contributed by atoms with van der Waals surface area (Å²) in [5, 5.41) is 2.18. The molecule has 1 aliphatic rings. The maximum absolute atomic E-state index is 5.33. The minimum Gasteiger partial charge on any atom is -0.254 e. The van der Waals surface area contributed by atoms with E-state index in [1.54, 1.807) is 0 Å². The smallest absolute Gasteiger partial charge is 0.0972 e. The zero-order valence-electron chi connectivity index (χ0n) is 24.6. The Morgan fingerprint density at radius 3 is 1.76 bits per heavy atom. The van der Waals surface area contributed by atoms with E-state index in [4.69, 9.17) is 9.97 Å². The van der Waals surface area contributed by atoms with Gasteiger partial charge in [0, 0.05) is 22.5 Å². The molecule has 9 rings (SSSR count). The summed E-state index contributed by atoms with van der Waals surface area (Å²) in [6.07, 6.45) is 1.85. The lowest BCUT2D eigenvalue weighted by Crippen LogP contribution is -2.28. The molecule has 1 aliphatic carbocycles. The van der Waals surface area contributed by atoms with Gasteiger partial charge in [-0.05, 0) is 56.6 Å². The molecule has 0 spiro atoms. The van der Waals surface area contributed by atoms with Crippen molar-refractivity contribution in [1.29, 1.82) is 0 Å². The molecule has 0 radical (unpaired) electrons. The predicted molar refractivity (Wildman–Crippen MR) is 185 cm³/mol. The average Bonchev–Trinajstić information content (AvgIpc) is 3.43. The number of pyridine rings is 2. The zero-order chi connectivity index (χ0) is 29.8. The molecule has 0 fully saturated rings. The molecule has 0 amide bonds. The fourth-order valence-corrected chi connectivity index (χ4v) is 7.52. The van der Waals surface area contributed by atoms with E-state index in [2.05, 4.69) is 158 Å². The third-order valence-electron chi connectivity index (χ3n) is 9.39. The van der Waals surface area contributed by atoms with Crippen molar-refractivity contribution < 1.29 is 0 Å². The van der Waals surface area contributed by atoms with Gasteiger partial charge in [0.25, 0.3) is 0 Å². The molecule has 2 heteroatoms. The Morgan fingerprint density at radius 1 is 0.400 bits per heavy atom. The number of hydrogen-bond donors (Lipinski definition) is 0. The summed E-state index contributed by atoms with van der Waals surface area (Å²) in [7, 11) is 0. The molecule has 8 aromatic rings. The van der Waals surface area contributed by atoms with E-state index >= 15 is 0 Å². The van der Waals surface area contributed by atoms with Crippen molar-refractivity contribution >= 4 is 21.8 Å². The summed E-state index contributed by atoms with van der Waals surface area (Å²) in [6, 6.07) is 59.0. The first kappa shape index (κ1) is 25.6. The Balaban J connectivity index is 1.42. The van der Waals surface area contributed by atoms with Crippen molar-refractivity contribution in [3.63, 3.8) is 0 Å². The summed E-state index contributed by atoms with van der Waals surface area (Å²) >= 11 is 0. The van der Waals surface area contributed by atoms with Gasteiger partial charge in [-0.25, -0.2) is 4.98 Å². The van der Waals surface area contributed by atoms with Crippen molar-refractivity contribution in [2.24, 2.45) is 0 Å². The Hall–Kier alpha value is -5.86. The summed E-state index contributed by atoms with van der Waals surface area (Å²) < 4.78 is 0. The lowest BCUT2D eigenvalue weighted by atomic mass is 9.67. The molecule has 0 saturated carbocycles. The maximum Gasteiger partial charge on any atom is 0.0972 e. The number of nitrogens with zero attached hydrogens (tertiary/aromatic N) is 2. The minimum atomic E-state index is -0.465. The summed E-state index contributed by atoms with van der Waals surface area (Å²) in [6.45, 7) is 0. The van der Waals surface area contributed by atoms with Crippen molar-refractivity contribution in [3.05, 3.63) is 192 Å². The van der Waals surface area contributed by atoms with Crippen LogP contribution in [0.2, 0.25) is 0 Å². The second-order valence-corrected chi connectivity index (χ2v) is 11.7. The number of hydrogen-bond acceptors (Lipinski definition) is 2. The van der Waals surface area contributed by atoms with Crippen molar-refractivity contribution in [3.8, 4) is 33.5 Å². The normalized spacial score (nSPS) is 13.1. The molecule has 6 aromatic carbocycles. The van der Waals surface area contributed by atoms with Gasteiger partial charge in [-0.2, -0.15) is 0 Å². The van der Waals surface area contributed by atoms with Gasteiger partial charge in [0.05, 0.1) is 22.1 Å². The third kappa shape index (κ3) is 3.76. The molecule has 0 unspecified atom stereocenters. The molecule has 210 valence electrons. The van der Waals surface area contributed by atoms with Crippen LogP contribution in [0.1, 0.15) is 22.3 Å². The largest absolute Gasteiger partial charge is 0.254 e. The highest BCUT2D eigenvalue weighted by Crippen LogP contribution is 2.59. The Kier molecular flexibility index (Phi) is 5.76. The van der Waals surface area contributed by atoms with Crippen LogP contribution in [0, 0.1) is 0 Å². The Morgan fingerprint density at radius 2 is 1.02 bits per heavy atom. The second kappa shape index (κ2) is 10.1. The fourth-order valence-electron chi connectivity index (χ4n) is 7.52. The van der Waals surface area contributed by atoms with Gasteiger partial charge in [0.1, 0.15) is 0 Å². The molecular weight excluding hydrogens is 544 g/mol. The molecule has 0 bridgehead atoms. The highest BCUT2D eigenvalue weighted by atomic mass is 14.8. The number of fused-ring (bicyclic) bond motifs is 6. The summed E-state index contributed by atoms with van der Waals surface area (Å²) in [5.74, 6) is 0. The van der Waals surface area contributed by atoms with Crippen LogP contribution in [-0.2, 0) is 5.41 Å². The molecule has 0 atom stereocenters. The quantitative estimate of drug-likeness (QED) is 0.196. The molecule has 0 saturated heterocycles.